The van der Waals surface area contributed by atoms with Crippen molar-refractivity contribution in [2.45, 2.75) is 18.4 Å². The maximum atomic E-state index is 12.7. The van der Waals surface area contributed by atoms with Crippen molar-refractivity contribution in [3.8, 4) is 0 Å². The van der Waals surface area contributed by atoms with Crippen molar-refractivity contribution in [1.29, 1.82) is 0 Å². The summed E-state index contributed by atoms with van der Waals surface area (Å²) in [5, 5.41) is 2.84. The number of nitrogens with zero attached hydrogens (tertiary/aromatic N) is 3. The molecule has 2 N–H and O–H groups in total. The Morgan fingerprint density at radius 3 is 2.29 bits per heavy atom. The smallest absolute Gasteiger partial charge is 0.255 e. The van der Waals surface area contributed by atoms with E-state index in [-0.39, 0.29) is 17.3 Å². The maximum absolute atomic E-state index is 12.7. The van der Waals surface area contributed by atoms with Crippen LogP contribution in [0.3, 0.4) is 0 Å². The Morgan fingerprint density at radius 1 is 0.971 bits per heavy atom. The van der Waals surface area contributed by atoms with Crippen molar-refractivity contribution < 1.29 is 13.2 Å². The quantitative estimate of drug-likeness (QED) is 0.541. The number of amides is 1. The largest absolute Gasteiger partial charge is 0.369 e. The van der Waals surface area contributed by atoms with Gasteiger partial charge in [-0.25, -0.2) is 13.1 Å². The van der Waals surface area contributed by atoms with Crippen LogP contribution in [0.15, 0.2) is 71.8 Å². The summed E-state index contributed by atoms with van der Waals surface area (Å²) in [5.41, 5.74) is 3.66. The molecule has 0 saturated carbocycles. The zero-order valence-electron chi connectivity index (χ0n) is 19.4. The van der Waals surface area contributed by atoms with E-state index in [2.05, 4.69) is 31.9 Å². The van der Waals surface area contributed by atoms with Gasteiger partial charge >= 0.3 is 0 Å². The lowest BCUT2D eigenvalue weighted by atomic mass is 10.1. The van der Waals surface area contributed by atoms with Crippen molar-refractivity contribution in [2.75, 3.05) is 43.4 Å². The van der Waals surface area contributed by atoms with Crippen LogP contribution >= 0.6 is 0 Å². The van der Waals surface area contributed by atoms with Gasteiger partial charge in [-0.2, -0.15) is 0 Å². The first kappa shape index (κ1) is 23.9. The molecule has 0 spiro atoms. The number of likely N-dealkylation sites (N-methyl/N-ethyl adjacent to an activating group) is 1. The molecule has 1 aromatic heterocycles. The summed E-state index contributed by atoms with van der Waals surface area (Å²) in [5.74, 6) is -0.247. The predicted octanol–water partition coefficient (Wildman–Crippen LogP) is 2.87. The average molecular weight is 480 g/mol. The number of carbonyl (C=O) groups is 1. The summed E-state index contributed by atoms with van der Waals surface area (Å²) in [6, 6.07) is 17.4. The van der Waals surface area contributed by atoms with Gasteiger partial charge in [-0.05, 0) is 68.1 Å². The molecule has 0 unspecified atom stereocenters. The lowest BCUT2D eigenvalue weighted by Crippen LogP contribution is -2.44. The standard InChI is InChI=1S/C25H29N5O3S/c1-19-24(4-3-13-26-19)28-25(31)21-7-5-20(6-8-21)18-27-34(32,33)23-11-9-22(10-12-23)30-16-14-29(2)15-17-30/h3-13,27H,14-18H2,1-2H3,(H,28,31). The first-order valence-electron chi connectivity index (χ1n) is 11.2. The number of benzene rings is 2. The van der Waals surface area contributed by atoms with Gasteiger partial charge in [0, 0.05) is 50.2 Å². The second-order valence-corrected chi connectivity index (χ2v) is 10.2. The third-order valence-corrected chi connectivity index (χ3v) is 7.37. The highest BCUT2D eigenvalue weighted by Gasteiger charge is 2.17. The summed E-state index contributed by atoms with van der Waals surface area (Å²) in [6.07, 6.45) is 1.67. The van der Waals surface area contributed by atoms with Gasteiger partial charge in [-0.15, -0.1) is 0 Å². The van der Waals surface area contributed by atoms with Gasteiger partial charge in [0.2, 0.25) is 10.0 Å². The summed E-state index contributed by atoms with van der Waals surface area (Å²) in [4.78, 5) is 21.4. The molecule has 8 nitrogen and oxygen atoms in total. The molecule has 0 atom stereocenters. The Labute approximate surface area is 200 Å². The lowest BCUT2D eigenvalue weighted by Gasteiger charge is -2.34. The molecule has 4 rings (SSSR count). The molecule has 0 aliphatic carbocycles. The number of carbonyl (C=O) groups excluding carboxylic acids is 1. The Morgan fingerprint density at radius 2 is 1.65 bits per heavy atom. The van der Waals surface area contributed by atoms with E-state index in [4.69, 9.17) is 0 Å². The Bertz CT molecular complexity index is 1240. The Kier molecular flexibility index (Phi) is 7.26. The Hall–Kier alpha value is -3.27. The van der Waals surface area contributed by atoms with Crippen LogP contribution in [0, 0.1) is 6.92 Å². The van der Waals surface area contributed by atoms with E-state index >= 15 is 0 Å². The topological polar surface area (TPSA) is 94.6 Å². The highest BCUT2D eigenvalue weighted by molar-refractivity contribution is 7.89. The lowest BCUT2D eigenvalue weighted by molar-refractivity contribution is 0.102. The van der Waals surface area contributed by atoms with E-state index in [9.17, 15) is 13.2 Å². The van der Waals surface area contributed by atoms with Gasteiger partial charge in [-0.1, -0.05) is 12.1 Å². The fourth-order valence-electron chi connectivity index (χ4n) is 3.75. The molecular weight excluding hydrogens is 450 g/mol. The van der Waals surface area contributed by atoms with Crippen LogP contribution in [-0.2, 0) is 16.6 Å². The third-order valence-electron chi connectivity index (χ3n) is 5.95. The van der Waals surface area contributed by atoms with Gasteiger partial charge in [0.25, 0.3) is 5.91 Å². The van der Waals surface area contributed by atoms with E-state index in [0.29, 0.717) is 11.3 Å². The van der Waals surface area contributed by atoms with Crippen LogP contribution in [-0.4, -0.2) is 57.4 Å². The van der Waals surface area contributed by atoms with Gasteiger partial charge in [-0.3, -0.25) is 9.78 Å². The van der Waals surface area contributed by atoms with E-state index in [1.165, 1.54) is 0 Å². The molecule has 1 aliphatic rings. The molecule has 1 amide bonds. The van der Waals surface area contributed by atoms with Crippen molar-refractivity contribution in [3.63, 3.8) is 0 Å². The summed E-state index contributed by atoms with van der Waals surface area (Å²) in [6.45, 7) is 5.79. The van der Waals surface area contributed by atoms with Crippen LogP contribution in [0.5, 0.6) is 0 Å². The van der Waals surface area contributed by atoms with E-state index in [1.807, 2.05) is 19.1 Å². The zero-order chi connectivity index (χ0) is 24.1. The molecule has 34 heavy (non-hydrogen) atoms. The molecule has 9 heteroatoms. The number of aromatic nitrogens is 1. The predicted molar refractivity (Wildman–Crippen MR) is 134 cm³/mol. The summed E-state index contributed by atoms with van der Waals surface area (Å²) in [7, 11) is -1.55. The number of anilines is 2. The highest BCUT2D eigenvalue weighted by Crippen LogP contribution is 2.20. The number of sulfonamides is 1. The second kappa shape index (κ2) is 10.3. The molecule has 1 aliphatic heterocycles. The normalized spacial score (nSPS) is 14.7. The molecule has 1 saturated heterocycles. The van der Waals surface area contributed by atoms with Crippen molar-refractivity contribution in [2.24, 2.45) is 0 Å². The third kappa shape index (κ3) is 5.80. The first-order valence-corrected chi connectivity index (χ1v) is 12.7. The molecule has 3 aromatic rings. The molecular formula is C25H29N5O3S. The summed E-state index contributed by atoms with van der Waals surface area (Å²) < 4.78 is 28.1. The number of pyridine rings is 1. The number of hydrogen-bond acceptors (Lipinski definition) is 6. The van der Waals surface area contributed by atoms with Gasteiger partial charge in [0.05, 0.1) is 16.3 Å². The Balaban J connectivity index is 1.34. The molecule has 178 valence electrons. The SMILES string of the molecule is Cc1ncccc1NC(=O)c1ccc(CNS(=O)(=O)c2ccc(N3CCN(C)CC3)cc2)cc1. The van der Waals surface area contributed by atoms with Crippen LogP contribution in [0.25, 0.3) is 0 Å². The van der Waals surface area contributed by atoms with Crippen LogP contribution in [0.4, 0.5) is 11.4 Å². The number of aryl methyl sites for hydroxylation is 1. The number of hydrogen-bond donors (Lipinski definition) is 2. The minimum absolute atomic E-state index is 0.131. The van der Waals surface area contributed by atoms with Crippen molar-refractivity contribution >= 4 is 27.3 Å². The minimum atomic E-state index is -3.65. The van der Waals surface area contributed by atoms with E-state index in [1.54, 1.807) is 54.7 Å². The van der Waals surface area contributed by atoms with Gasteiger partial charge in [0.1, 0.15) is 0 Å². The fraction of sp³-hybridized carbons (Fsp3) is 0.280. The summed E-state index contributed by atoms with van der Waals surface area (Å²) >= 11 is 0. The minimum Gasteiger partial charge on any atom is -0.369 e. The number of piperazine rings is 1. The molecule has 2 heterocycles. The number of rotatable bonds is 7. The van der Waals surface area contributed by atoms with Crippen LogP contribution in [0.2, 0.25) is 0 Å². The van der Waals surface area contributed by atoms with Gasteiger partial charge in [0.15, 0.2) is 0 Å². The average Bonchev–Trinajstić information content (AvgIpc) is 2.85. The van der Waals surface area contributed by atoms with Crippen LogP contribution in [0.1, 0.15) is 21.6 Å². The van der Waals surface area contributed by atoms with Crippen molar-refractivity contribution in [3.05, 3.63) is 83.7 Å². The van der Waals surface area contributed by atoms with Crippen LogP contribution < -0.4 is 14.9 Å². The molecule has 0 radical (unpaired) electrons. The zero-order valence-corrected chi connectivity index (χ0v) is 20.2. The fourth-order valence-corrected chi connectivity index (χ4v) is 4.76. The molecule has 1 fully saturated rings. The van der Waals surface area contributed by atoms with E-state index < -0.39 is 10.0 Å². The van der Waals surface area contributed by atoms with Gasteiger partial charge < -0.3 is 15.1 Å². The second-order valence-electron chi connectivity index (χ2n) is 8.40. The number of nitrogens with one attached hydrogen (secondary N) is 2. The molecule has 0 bridgehead atoms. The monoisotopic (exact) mass is 479 g/mol. The maximum Gasteiger partial charge on any atom is 0.255 e. The molecule has 2 aromatic carbocycles. The highest BCUT2D eigenvalue weighted by atomic mass is 32.2. The van der Waals surface area contributed by atoms with Crippen molar-refractivity contribution in [1.82, 2.24) is 14.6 Å². The van der Waals surface area contributed by atoms with E-state index in [0.717, 1.165) is 43.1 Å². The first-order chi connectivity index (χ1) is 16.3.